The molecule has 1 aliphatic heterocycles. The minimum atomic E-state index is -1.02. The SMILES string of the molecule is COC(C)=C(C(=O)O)c1ccccc1COc1ccc(N2CCCCC2)cc1. The first-order valence-electron chi connectivity index (χ1n) is 9.64. The van der Waals surface area contributed by atoms with Gasteiger partial charge in [-0.1, -0.05) is 24.3 Å². The quantitative estimate of drug-likeness (QED) is 0.556. The molecular weight excluding hydrogens is 354 g/mol. The van der Waals surface area contributed by atoms with Gasteiger partial charge < -0.3 is 19.5 Å². The molecule has 0 radical (unpaired) electrons. The van der Waals surface area contributed by atoms with Gasteiger partial charge in [-0.05, 0) is 61.6 Å². The minimum Gasteiger partial charge on any atom is -0.500 e. The lowest BCUT2D eigenvalue weighted by molar-refractivity contribution is -0.130. The summed E-state index contributed by atoms with van der Waals surface area (Å²) in [7, 11) is 1.47. The average molecular weight is 381 g/mol. The summed E-state index contributed by atoms with van der Waals surface area (Å²) >= 11 is 0. The molecule has 28 heavy (non-hydrogen) atoms. The van der Waals surface area contributed by atoms with Gasteiger partial charge in [-0.3, -0.25) is 0 Å². The van der Waals surface area contributed by atoms with Crippen molar-refractivity contribution in [2.75, 3.05) is 25.1 Å². The van der Waals surface area contributed by atoms with E-state index in [9.17, 15) is 9.90 Å². The summed E-state index contributed by atoms with van der Waals surface area (Å²) in [4.78, 5) is 14.1. The van der Waals surface area contributed by atoms with E-state index >= 15 is 0 Å². The van der Waals surface area contributed by atoms with Gasteiger partial charge in [-0.25, -0.2) is 4.79 Å². The normalized spacial score (nSPS) is 15.0. The van der Waals surface area contributed by atoms with Crippen LogP contribution in [0.4, 0.5) is 5.69 Å². The van der Waals surface area contributed by atoms with E-state index in [1.54, 1.807) is 13.0 Å². The van der Waals surface area contributed by atoms with Crippen molar-refractivity contribution in [3.63, 3.8) is 0 Å². The maximum atomic E-state index is 11.7. The summed E-state index contributed by atoms with van der Waals surface area (Å²) in [5.74, 6) is 0.114. The third-order valence-electron chi connectivity index (χ3n) is 5.11. The number of benzene rings is 2. The number of methoxy groups -OCH3 is 1. The van der Waals surface area contributed by atoms with Crippen LogP contribution in [0.1, 0.15) is 37.3 Å². The molecule has 2 aromatic rings. The van der Waals surface area contributed by atoms with Crippen LogP contribution in [0, 0.1) is 0 Å². The van der Waals surface area contributed by atoms with Crippen molar-refractivity contribution in [2.45, 2.75) is 32.8 Å². The van der Waals surface area contributed by atoms with E-state index in [1.807, 2.05) is 30.3 Å². The Bertz CT molecular complexity index is 836. The van der Waals surface area contributed by atoms with Crippen LogP contribution in [0.5, 0.6) is 5.75 Å². The number of rotatable bonds is 7. The Morgan fingerprint density at radius 1 is 1.04 bits per heavy atom. The van der Waals surface area contributed by atoms with E-state index in [1.165, 1.54) is 32.1 Å². The molecule has 1 saturated heterocycles. The molecule has 1 fully saturated rings. The van der Waals surface area contributed by atoms with Crippen molar-refractivity contribution in [3.8, 4) is 5.75 Å². The van der Waals surface area contributed by atoms with Crippen molar-refractivity contribution in [3.05, 3.63) is 65.4 Å². The first-order chi connectivity index (χ1) is 13.6. The van der Waals surface area contributed by atoms with Crippen molar-refractivity contribution >= 4 is 17.2 Å². The van der Waals surface area contributed by atoms with E-state index < -0.39 is 5.97 Å². The van der Waals surface area contributed by atoms with Crippen LogP contribution in [0.3, 0.4) is 0 Å². The molecule has 3 rings (SSSR count). The molecule has 1 aliphatic rings. The molecule has 0 atom stereocenters. The number of carboxylic acid groups (broad SMARTS) is 1. The molecule has 0 spiro atoms. The Morgan fingerprint density at radius 3 is 2.36 bits per heavy atom. The third-order valence-corrected chi connectivity index (χ3v) is 5.11. The molecule has 0 aromatic heterocycles. The largest absolute Gasteiger partial charge is 0.500 e. The maximum Gasteiger partial charge on any atom is 0.339 e. The smallest absolute Gasteiger partial charge is 0.339 e. The number of ether oxygens (including phenoxy) is 2. The predicted octanol–water partition coefficient (Wildman–Crippen LogP) is 4.72. The number of carboxylic acids is 1. The summed E-state index contributed by atoms with van der Waals surface area (Å²) < 4.78 is 11.1. The number of nitrogens with zero attached hydrogens (tertiary/aromatic N) is 1. The molecule has 0 saturated carbocycles. The lowest BCUT2D eigenvalue weighted by Crippen LogP contribution is -2.29. The zero-order valence-electron chi connectivity index (χ0n) is 16.5. The van der Waals surface area contributed by atoms with Crippen LogP contribution < -0.4 is 9.64 Å². The van der Waals surface area contributed by atoms with E-state index in [2.05, 4.69) is 17.0 Å². The standard InChI is InChI=1S/C23H27NO4/c1-17(27-2)22(23(25)26)21-9-5-4-8-18(21)16-28-20-12-10-19(11-13-20)24-14-6-3-7-15-24/h4-5,8-13H,3,6-7,14-16H2,1-2H3,(H,25,26). The van der Waals surface area contributed by atoms with Crippen molar-refractivity contribution in [2.24, 2.45) is 0 Å². The molecule has 2 aromatic carbocycles. The summed E-state index contributed by atoms with van der Waals surface area (Å²) in [6.45, 7) is 4.15. The fourth-order valence-electron chi connectivity index (χ4n) is 3.51. The van der Waals surface area contributed by atoms with Crippen molar-refractivity contribution in [1.29, 1.82) is 0 Å². The highest BCUT2D eigenvalue weighted by Gasteiger charge is 2.18. The fraction of sp³-hybridized carbons (Fsp3) is 0.348. The molecule has 0 amide bonds. The molecule has 1 N–H and O–H groups in total. The van der Waals surface area contributed by atoms with Crippen LogP contribution >= 0.6 is 0 Å². The van der Waals surface area contributed by atoms with Gasteiger partial charge in [0.05, 0.1) is 7.11 Å². The van der Waals surface area contributed by atoms with Crippen LogP contribution in [0.2, 0.25) is 0 Å². The monoisotopic (exact) mass is 381 g/mol. The highest BCUT2D eigenvalue weighted by molar-refractivity contribution is 6.16. The molecule has 0 bridgehead atoms. The van der Waals surface area contributed by atoms with Crippen molar-refractivity contribution in [1.82, 2.24) is 0 Å². The predicted molar refractivity (Wildman–Crippen MR) is 111 cm³/mol. The summed E-state index contributed by atoms with van der Waals surface area (Å²) in [6.07, 6.45) is 3.80. The van der Waals surface area contributed by atoms with Crippen LogP contribution in [0.15, 0.2) is 54.3 Å². The van der Waals surface area contributed by atoms with E-state index in [4.69, 9.17) is 9.47 Å². The second kappa shape index (κ2) is 9.31. The average Bonchev–Trinajstić information content (AvgIpc) is 2.74. The number of hydrogen-bond acceptors (Lipinski definition) is 4. The van der Waals surface area contributed by atoms with Gasteiger partial charge >= 0.3 is 5.97 Å². The topological polar surface area (TPSA) is 59.0 Å². The van der Waals surface area contributed by atoms with Crippen LogP contribution in [0.25, 0.3) is 5.57 Å². The van der Waals surface area contributed by atoms with Gasteiger partial charge in [-0.15, -0.1) is 0 Å². The van der Waals surface area contributed by atoms with E-state index in [0.29, 0.717) is 11.3 Å². The Hall–Kier alpha value is -2.95. The molecule has 148 valence electrons. The first-order valence-corrected chi connectivity index (χ1v) is 9.64. The Balaban J connectivity index is 1.74. The van der Waals surface area contributed by atoms with Gasteiger partial charge in [0.1, 0.15) is 23.7 Å². The molecular formula is C23H27NO4. The lowest BCUT2D eigenvalue weighted by atomic mass is 9.99. The van der Waals surface area contributed by atoms with Gasteiger partial charge in [0, 0.05) is 18.8 Å². The third kappa shape index (κ3) is 4.66. The number of allylic oxidation sites excluding steroid dienone is 1. The molecule has 0 unspecified atom stereocenters. The minimum absolute atomic E-state index is 0.155. The summed E-state index contributed by atoms with van der Waals surface area (Å²) in [5, 5.41) is 9.61. The zero-order chi connectivity index (χ0) is 19.9. The summed E-state index contributed by atoms with van der Waals surface area (Å²) in [5.41, 5.74) is 2.79. The van der Waals surface area contributed by atoms with Crippen molar-refractivity contribution < 1.29 is 19.4 Å². The Labute approximate surface area is 166 Å². The Kier molecular flexibility index (Phi) is 6.58. The zero-order valence-corrected chi connectivity index (χ0v) is 16.5. The highest BCUT2D eigenvalue weighted by Crippen LogP contribution is 2.26. The number of hydrogen-bond donors (Lipinski definition) is 1. The van der Waals surface area contributed by atoms with Gasteiger partial charge in [0.25, 0.3) is 0 Å². The maximum absolute atomic E-state index is 11.7. The molecule has 5 heteroatoms. The van der Waals surface area contributed by atoms with E-state index in [0.717, 1.165) is 24.4 Å². The summed E-state index contributed by atoms with van der Waals surface area (Å²) in [6, 6.07) is 15.5. The van der Waals surface area contributed by atoms with Crippen LogP contribution in [-0.4, -0.2) is 31.3 Å². The Morgan fingerprint density at radius 2 is 1.71 bits per heavy atom. The first kappa shape index (κ1) is 19.8. The van der Waals surface area contributed by atoms with Crippen LogP contribution in [-0.2, 0) is 16.1 Å². The number of piperidine rings is 1. The fourth-order valence-corrected chi connectivity index (χ4v) is 3.51. The lowest BCUT2D eigenvalue weighted by Gasteiger charge is -2.28. The molecule has 1 heterocycles. The second-order valence-electron chi connectivity index (χ2n) is 6.93. The van der Waals surface area contributed by atoms with Gasteiger partial charge in [-0.2, -0.15) is 0 Å². The van der Waals surface area contributed by atoms with E-state index in [-0.39, 0.29) is 12.2 Å². The number of carbonyl (C=O) groups is 1. The molecule has 0 aliphatic carbocycles. The number of aliphatic carboxylic acids is 1. The second-order valence-corrected chi connectivity index (χ2v) is 6.93. The molecule has 5 nitrogen and oxygen atoms in total. The van der Waals surface area contributed by atoms with Gasteiger partial charge in [0.2, 0.25) is 0 Å². The highest BCUT2D eigenvalue weighted by atomic mass is 16.5. The number of anilines is 1. The van der Waals surface area contributed by atoms with Gasteiger partial charge in [0.15, 0.2) is 0 Å².